The zero-order valence-corrected chi connectivity index (χ0v) is 13.0. The standard InChI is InChI=1S/C14H17Cl2N3O2/c15-10-2-1-3-11(13(10)16)18-12(20)8-19-6-4-9(5-7-19)14(17)21/h1-3,9H,4-8H2,(H2,17,21)(H,18,20)/p+1. The van der Waals surface area contributed by atoms with Crippen molar-refractivity contribution >= 4 is 40.7 Å². The number of hydrogen-bond acceptors (Lipinski definition) is 2. The fourth-order valence-electron chi connectivity index (χ4n) is 2.51. The van der Waals surface area contributed by atoms with Gasteiger partial charge in [-0.3, -0.25) is 9.59 Å². The Labute approximate surface area is 133 Å². The Balaban J connectivity index is 1.86. The van der Waals surface area contributed by atoms with Crippen molar-refractivity contribution in [2.24, 2.45) is 11.7 Å². The fourth-order valence-corrected chi connectivity index (χ4v) is 2.86. The van der Waals surface area contributed by atoms with Crippen molar-refractivity contribution in [1.82, 2.24) is 0 Å². The molecule has 1 aliphatic rings. The van der Waals surface area contributed by atoms with Gasteiger partial charge in [-0.05, 0) is 12.1 Å². The third-order valence-electron chi connectivity index (χ3n) is 3.73. The SMILES string of the molecule is NC(=O)C1CC[NH+](CC(=O)Nc2cccc(Cl)c2Cl)CC1. The predicted octanol–water partition coefficient (Wildman–Crippen LogP) is 0.712. The molecule has 4 N–H and O–H groups in total. The lowest BCUT2D eigenvalue weighted by Gasteiger charge is -2.27. The molecular weight excluding hydrogens is 313 g/mol. The van der Waals surface area contributed by atoms with Crippen molar-refractivity contribution in [1.29, 1.82) is 0 Å². The molecule has 7 heteroatoms. The number of carbonyl (C=O) groups is 2. The van der Waals surface area contributed by atoms with Crippen LogP contribution in [0.2, 0.25) is 10.0 Å². The summed E-state index contributed by atoms with van der Waals surface area (Å²) in [6, 6.07) is 5.11. The van der Waals surface area contributed by atoms with Gasteiger partial charge in [0.15, 0.2) is 6.54 Å². The van der Waals surface area contributed by atoms with Crippen molar-refractivity contribution in [3.8, 4) is 0 Å². The van der Waals surface area contributed by atoms with E-state index in [4.69, 9.17) is 28.9 Å². The van der Waals surface area contributed by atoms with E-state index in [1.165, 1.54) is 0 Å². The van der Waals surface area contributed by atoms with E-state index in [0.29, 0.717) is 22.3 Å². The molecule has 21 heavy (non-hydrogen) atoms. The summed E-state index contributed by atoms with van der Waals surface area (Å²) in [7, 11) is 0. The molecule has 0 saturated carbocycles. The van der Waals surface area contributed by atoms with Crippen LogP contribution in [0.15, 0.2) is 18.2 Å². The summed E-state index contributed by atoms with van der Waals surface area (Å²) in [6.45, 7) is 1.88. The summed E-state index contributed by atoms with van der Waals surface area (Å²) in [6.07, 6.45) is 1.46. The molecule has 0 spiro atoms. The molecule has 0 unspecified atom stereocenters. The van der Waals surface area contributed by atoms with Gasteiger partial charge in [0.05, 0.1) is 28.8 Å². The number of anilines is 1. The number of nitrogens with one attached hydrogen (secondary N) is 2. The summed E-state index contributed by atoms with van der Waals surface area (Å²) >= 11 is 11.9. The maximum atomic E-state index is 12.0. The molecular formula is C14H18Cl2N3O2+. The van der Waals surface area contributed by atoms with Crippen LogP contribution in [0.5, 0.6) is 0 Å². The van der Waals surface area contributed by atoms with E-state index in [0.717, 1.165) is 30.8 Å². The minimum atomic E-state index is -0.246. The van der Waals surface area contributed by atoms with Crippen molar-refractivity contribution < 1.29 is 14.5 Å². The van der Waals surface area contributed by atoms with Gasteiger partial charge in [-0.2, -0.15) is 0 Å². The number of primary amides is 1. The van der Waals surface area contributed by atoms with Crippen LogP contribution in [0.1, 0.15) is 12.8 Å². The minimum absolute atomic E-state index is 0.0563. The number of nitrogens with two attached hydrogens (primary N) is 1. The third kappa shape index (κ3) is 4.33. The number of halogens is 2. The summed E-state index contributed by atoms with van der Waals surface area (Å²) in [5.74, 6) is -0.421. The van der Waals surface area contributed by atoms with Gasteiger partial charge in [-0.1, -0.05) is 29.3 Å². The molecule has 1 fully saturated rings. The van der Waals surface area contributed by atoms with E-state index in [1.807, 2.05) is 0 Å². The van der Waals surface area contributed by atoms with Crippen molar-refractivity contribution in [2.75, 3.05) is 25.0 Å². The summed E-state index contributed by atoms with van der Waals surface area (Å²) in [4.78, 5) is 24.3. The van der Waals surface area contributed by atoms with E-state index in [2.05, 4.69) is 5.32 Å². The van der Waals surface area contributed by atoms with Crippen molar-refractivity contribution in [3.05, 3.63) is 28.2 Å². The van der Waals surface area contributed by atoms with Crippen LogP contribution in [-0.4, -0.2) is 31.4 Å². The largest absolute Gasteiger partial charge is 0.369 e. The zero-order valence-electron chi connectivity index (χ0n) is 11.5. The third-order valence-corrected chi connectivity index (χ3v) is 4.55. The van der Waals surface area contributed by atoms with Gasteiger partial charge in [0.1, 0.15) is 0 Å². The molecule has 2 rings (SSSR count). The number of carbonyl (C=O) groups excluding carboxylic acids is 2. The summed E-state index contributed by atoms with van der Waals surface area (Å²) in [5, 5.41) is 3.51. The highest BCUT2D eigenvalue weighted by Crippen LogP contribution is 2.29. The number of hydrogen-bond donors (Lipinski definition) is 3. The van der Waals surface area contributed by atoms with Crippen LogP contribution in [0.4, 0.5) is 5.69 Å². The van der Waals surface area contributed by atoms with Gasteiger partial charge in [0, 0.05) is 18.8 Å². The first kappa shape index (κ1) is 16.1. The molecule has 0 atom stereocenters. The fraction of sp³-hybridized carbons (Fsp3) is 0.429. The molecule has 0 radical (unpaired) electrons. The number of likely N-dealkylation sites (tertiary alicyclic amines) is 1. The van der Waals surface area contributed by atoms with Gasteiger partial charge in [0.2, 0.25) is 5.91 Å². The van der Waals surface area contributed by atoms with E-state index < -0.39 is 0 Å². The number of amides is 2. The van der Waals surface area contributed by atoms with Crippen LogP contribution in [0.25, 0.3) is 0 Å². The second-order valence-electron chi connectivity index (χ2n) is 5.25. The van der Waals surface area contributed by atoms with Crippen LogP contribution < -0.4 is 16.0 Å². The van der Waals surface area contributed by atoms with Gasteiger partial charge >= 0.3 is 0 Å². The van der Waals surface area contributed by atoms with Crippen LogP contribution >= 0.6 is 23.2 Å². The maximum absolute atomic E-state index is 12.0. The van der Waals surface area contributed by atoms with Crippen molar-refractivity contribution in [3.63, 3.8) is 0 Å². The number of quaternary nitrogens is 1. The highest BCUT2D eigenvalue weighted by atomic mass is 35.5. The average molecular weight is 331 g/mol. The molecule has 5 nitrogen and oxygen atoms in total. The maximum Gasteiger partial charge on any atom is 0.279 e. The number of piperidine rings is 1. The molecule has 0 aliphatic carbocycles. The quantitative estimate of drug-likeness (QED) is 0.760. The normalized spacial score (nSPS) is 21.8. The molecule has 0 bridgehead atoms. The Morgan fingerprint density at radius 3 is 2.57 bits per heavy atom. The monoisotopic (exact) mass is 330 g/mol. The van der Waals surface area contributed by atoms with Gasteiger partial charge < -0.3 is 16.0 Å². The second-order valence-corrected chi connectivity index (χ2v) is 6.04. The number of benzene rings is 1. The lowest BCUT2D eigenvalue weighted by Crippen LogP contribution is -3.14. The molecule has 1 aliphatic heterocycles. The van der Waals surface area contributed by atoms with Crippen LogP contribution in [-0.2, 0) is 9.59 Å². The smallest absolute Gasteiger partial charge is 0.279 e. The summed E-state index contributed by atoms with van der Waals surface area (Å²) in [5.41, 5.74) is 5.81. The Morgan fingerprint density at radius 1 is 1.29 bits per heavy atom. The molecule has 1 aromatic rings. The van der Waals surface area contributed by atoms with Crippen LogP contribution in [0, 0.1) is 5.92 Å². The molecule has 114 valence electrons. The molecule has 1 aromatic carbocycles. The Kier molecular flexibility index (Phi) is 5.45. The first-order valence-corrected chi connectivity index (χ1v) is 7.59. The average Bonchev–Trinajstić information content (AvgIpc) is 2.44. The molecule has 1 saturated heterocycles. The molecule has 2 amide bonds. The number of rotatable bonds is 4. The van der Waals surface area contributed by atoms with Crippen LogP contribution in [0.3, 0.4) is 0 Å². The molecule has 0 aromatic heterocycles. The van der Waals surface area contributed by atoms with Gasteiger partial charge in [-0.25, -0.2) is 0 Å². The van der Waals surface area contributed by atoms with E-state index in [1.54, 1.807) is 18.2 Å². The topological polar surface area (TPSA) is 76.6 Å². The zero-order chi connectivity index (χ0) is 15.4. The van der Waals surface area contributed by atoms with E-state index >= 15 is 0 Å². The minimum Gasteiger partial charge on any atom is -0.369 e. The van der Waals surface area contributed by atoms with E-state index in [9.17, 15) is 9.59 Å². The first-order chi connectivity index (χ1) is 9.97. The highest BCUT2D eigenvalue weighted by Gasteiger charge is 2.27. The molecule has 1 heterocycles. The Hall–Kier alpha value is -1.30. The Morgan fingerprint density at radius 2 is 1.95 bits per heavy atom. The summed E-state index contributed by atoms with van der Waals surface area (Å²) < 4.78 is 0. The first-order valence-electron chi connectivity index (χ1n) is 6.84. The lowest BCUT2D eigenvalue weighted by atomic mass is 9.96. The van der Waals surface area contributed by atoms with Crippen molar-refractivity contribution in [2.45, 2.75) is 12.8 Å². The second kappa shape index (κ2) is 7.11. The lowest BCUT2D eigenvalue weighted by molar-refractivity contribution is -0.897. The van der Waals surface area contributed by atoms with Gasteiger partial charge in [0.25, 0.3) is 5.91 Å². The van der Waals surface area contributed by atoms with E-state index in [-0.39, 0.29) is 17.7 Å². The Bertz CT molecular complexity index is 543. The van der Waals surface area contributed by atoms with Gasteiger partial charge in [-0.15, -0.1) is 0 Å². The highest BCUT2D eigenvalue weighted by molar-refractivity contribution is 6.43. The predicted molar refractivity (Wildman–Crippen MR) is 82.6 cm³/mol.